The Hall–Kier alpha value is -1.74. The van der Waals surface area contributed by atoms with Gasteiger partial charge in [0.2, 0.25) is 10.0 Å². The van der Waals surface area contributed by atoms with Gasteiger partial charge in [0.25, 0.3) is 0 Å². The first-order valence-corrected chi connectivity index (χ1v) is 7.85. The van der Waals surface area contributed by atoms with Gasteiger partial charge in [-0.1, -0.05) is 0 Å². The molecule has 2 aromatic rings. The summed E-state index contributed by atoms with van der Waals surface area (Å²) in [7, 11) is -3.85. The van der Waals surface area contributed by atoms with Crippen LogP contribution in [0.4, 0.5) is 5.69 Å². The fraction of sp³-hybridized carbons (Fsp3) is 0.308. The maximum Gasteiger partial charge on any atom is 0.245 e. The zero-order chi connectivity index (χ0) is 15.2. The largest absolute Gasteiger partial charge is 0.398 e. The molecule has 0 aliphatic carbocycles. The van der Waals surface area contributed by atoms with E-state index in [0.29, 0.717) is 11.1 Å². The number of anilines is 1. The van der Waals surface area contributed by atoms with E-state index in [2.05, 4.69) is 4.98 Å². The number of aliphatic hydroxyl groups is 2. The number of nitrogens with two attached hydrogens (primary N) is 1. The van der Waals surface area contributed by atoms with E-state index in [4.69, 9.17) is 5.73 Å². The summed E-state index contributed by atoms with van der Waals surface area (Å²) in [6.45, 7) is -0.273. The van der Waals surface area contributed by atoms with Crippen LogP contribution >= 0.6 is 0 Å². The summed E-state index contributed by atoms with van der Waals surface area (Å²) >= 11 is 0. The lowest BCUT2D eigenvalue weighted by Gasteiger charge is -2.17. The predicted octanol–water partition coefficient (Wildman–Crippen LogP) is -0.457. The monoisotopic (exact) mass is 309 g/mol. The van der Waals surface area contributed by atoms with Gasteiger partial charge < -0.3 is 15.9 Å². The standard InChI is InChI=1S/C13H15N3O4S/c14-9-3-4-12(13-8(9)2-1-5-15-13)21(19,20)16-6-10(17)11(18)7-16/h1-5,10-11,17-18H,6-7,14H2. The minimum atomic E-state index is -3.85. The highest BCUT2D eigenvalue weighted by molar-refractivity contribution is 7.89. The summed E-state index contributed by atoms with van der Waals surface area (Å²) in [5.74, 6) is 0. The number of nitrogen functional groups attached to an aromatic ring is 1. The van der Waals surface area contributed by atoms with Crippen LogP contribution in [-0.2, 0) is 10.0 Å². The summed E-state index contributed by atoms with van der Waals surface area (Å²) < 4.78 is 26.4. The molecule has 2 heterocycles. The quantitative estimate of drug-likeness (QED) is 0.647. The topological polar surface area (TPSA) is 117 Å². The van der Waals surface area contributed by atoms with Crippen molar-refractivity contribution in [2.45, 2.75) is 17.1 Å². The molecule has 1 aromatic carbocycles. The normalized spacial score (nSPS) is 23.7. The number of pyridine rings is 1. The van der Waals surface area contributed by atoms with Crippen molar-refractivity contribution in [2.24, 2.45) is 0 Å². The SMILES string of the molecule is Nc1ccc(S(=O)(=O)N2CC(O)C(O)C2)c2ncccc12. The third-order valence-corrected chi connectivity index (χ3v) is 5.47. The Morgan fingerprint density at radius 1 is 1.19 bits per heavy atom. The first kappa shape index (κ1) is 14.2. The lowest BCUT2D eigenvalue weighted by Crippen LogP contribution is -2.30. The van der Waals surface area contributed by atoms with Crippen LogP contribution in [0.1, 0.15) is 0 Å². The zero-order valence-electron chi connectivity index (χ0n) is 11.0. The molecule has 3 rings (SSSR count). The van der Waals surface area contributed by atoms with Gasteiger partial charge in [-0.25, -0.2) is 8.42 Å². The van der Waals surface area contributed by atoms with E-state index in [1.165, 1.54) is 18.3 Å². The molecule has 1 aliphatic rings. The first-order chi connectivity index (χ1) is 9.91. The molecule has 0 spiro atoms. The highest BCUT2D eigenvalue weighted by Crippen LogP contribution is 2.29. The van der Waals surface area contributed by atoms with Crippen LogP contribution in [-0.4, -0.2) is 53.2 Å². The minimum Gasteiger partial charge on any atom is -0.398 e. The summed E-state index contributed by atoms with van der Waals surface area (Å²) in [5.41, 5.74) is 6.57. The maximum absolute atomic E-state index is 12.7. The third kappa shape index (κ3) is 2.26. The van der Waals surface area contributed by atoms with E-state index in [0.717, 1.165) is 4.31 Å². The number of β-amino-alcohol motifs (C(OH)–C–C–N with tert-alkyl or cyclic N) is 2. The summed E-state index contributed by atoms with van der Waals surface area (Å²) in [6, 6.07) is 6.29. The van der Waals surface area contributed by atoms with Crippen molar-refractivity contribution in [3.8, 4) is 0 Å². The number of hydrogen-bond donors (Lipinski definition) is 3. The highest BCUT2D eigenvalue weighted by atomic mass is 32.2. The van der Waals surface area contributed by atoms with Crippen molar-refractivity contribution in [1.29, 1.82) is 0 Å². The Bertz CT molecular complexity index is 783. The number of nitrogens with zero attached hydrogens (tertiary/aromatic N) is 2. The maximum atomic E-state index is 12.7. The fourth-order valence-corrected chi connectivity index (χ4v) is 4.07. The third-order valence-electron chi connectivity index (χ3n) is 3.61. The molecule has 21 heavy (non-hydrogen) atoms. The molecule has 0 amide bonds. The number of fused-ring (bicyclic) bond motifs is 1. The van der Waals surface area contributed by atoms with Crippen LogP contribution in [0, 0.1) is 0 Å². The van der Waals surface area contributed by atoms with Gasteiger partial charge in [0, 0.05) is 30.4 Å². The second-order valence-electron chi connectivity index (χ2n) is 5.01. The van der Waals surface area contributed by atoms with E-state index < -0.39 is 22.2 Å². The Morgan fingerprint density at radius 3 is 2.52 bits per heavy atom. The van der Waals surface area contributed by atoms with Crippen molar-refractivity contribution in [3.63, 3.8) is 0 Å². The molecule has 1 aromatic heterocycles. The molecule has 112 valence electrons. The van der Waals surface area contributed by atoms with Crippen molar-refractivity contribution in [3.05, 3.63) is 30.5 Å². The number of aliphatic hydroxyl groups excluding tert-OH is 2. The Kier molecular flexibility index (Phi) is 3.33. The molecule has 8 heteroatoms. The Labute approximate surface area is 121 Å². The Morgan fingerprint density at radius 2 is 1.86 bits per heavy atom. The van der Waals surface area contributed by atoms with Crippen LogP contribution < -0.4 is 5.73 Å². The van der Waals surface area contributed by atoms with Gasteiger partial charge in [0.1, 0.15) is 4.90 Å². The zero-order valence-corrected chi connectivity index (χ0v) is 11.9. The number of hydrogen-bond acceptors (Lipinski definition) is 6. The van der Waals surface area contributed by atoms with Crippen LogP contribution in [0.5, 0.6) is 0 Å². The minimum absolute atomic E-state index is 0.0219. The lowest BCUT2D eigenvalue weighted by atomic mass is 10.2. The van der Waals surface area contributed by atoms with Gasteiger partial charge in [0.15, 0.2) is 0 Å². The summed E-state index contributed by atoms with van der Waals surface area (Å²) in [4.78, 5) is 4.13. The molecule has 2 atom stereocenters. The predicted molar refractivity (Wildman–Crippen MR) is 76.9 cm³/mol. The van der Waals surface area contributed by atoms with E-state index in [9.17, 15) is 18.6 Å². The van der Waals surface area contributed by atoms with Gasteiger partial charge in [0.05, 0.1) is 17.7 Å². The second-order valence-corrected chi connectivity index (χ2v) is 6.92. The van der Waals surface area contributed by atoms with Gasteiger partial charge in [-0.15, -0.1) is 0 Å². The number of sulfonamides is 1. The number of benzene rings is 1. The lowest BCUT2D eigenvalue weighted by molar-refractivity contribution is 0.0572. The Balaban J connectivity index is 2.14. The molecule has 1 fully saturated rings. The number of aromatic nitrogens is 1. The highest BCUT2D eigenvalue weighted by Gasteiger charge is 2.38. The second kappa shape index (κ2) is 4.92. The van der Waals surface area contributed by atoms with E-state index in [-0.39, 0.29) is 23.5 Å². The number of rotatable bonds is 2. The van der Waals surface area contributed by atoms with E-state index in [1.807, 2.05) is 0 Å². The average molecular weight is 309 g/mol. The van der Waals surface area contributed by atoms with Crippen LogP contribution in [0.3, 0.4) is 0 Å². The smallest absolute Gasteiger partial charge is 0.245 e. The van der Waals surface area contributed by atoms with Crippen molar-refractivity contribution in [2.75, 3.05) is 18.8 Å². The van der Waals surface area contributed by atoms with Gasteiger partial charge in [-0.3, -0.25) is 4.98 Å². The van der Waals surface area contributed by atoms with Gasteiger partial charge in [-0.05, 0) is 24.3 Å². The molecule has 1 saturated heterocycles. The molecular formula is C13H15N3O4S. The van der Waals surface area contributed by atoms with Crippen molar-refractivity contribution >= 4 is 26.6 Å². The van der Waals surface area contributed by atoms with Gasteiger partial charge in [-0.2, -0.15) is 4.31 Å². The summed E-state index contributed by atoms with van der Waals surface area (Å²) in [6.07, 6.45) is -0.658. The fourth-order valence-electron chi connectivity index (χ4n) is 2.45. The molecule has 0 radical (unpaired) electrons. The first-order valence-electron chi connectivity index (χ1n) is 6.41. The van der Waals surface area contributed by atoms with Gasteiger partial charge >= 0.3 is 0 Å². The van der Waals surface area contributed by atoms with Crippen LogP contribution in [0.15, 0.2) is 35.4 Å². The van der Waals surface area contributed by atoms with Crippen LogP contribution in [0.2, 0.25) is 0 Å². The summed E-state index contributed by atoms with van der Waals surface area (Å²) in [5, 5.41) is 19.6. The molecule has 2 unspecified atom stereocenters. The molecule has 0 bridgehead atoms. The van der Waals surface area contributed by atoms with Crippen molar-refractivity contribution in [1.82, 2.24) is 9.29 Å². The molecule has 4 N–H and O–H groups in total. The molecule has 7 nitrogen and oxygen atoms in total. The average Bonchev–Trinajstić information content (AvgIpc) is 2.80. The van der Waals surface area contributed by atoms with E-state index in [1.54, 1.807) is 12.1 Å². The van der Waals surface area contributed by atoms with E-state index >= 15 is 0 Å². The van der Waals surface area contributed by atoms with Crippen molar-refractivity contribution < 1.29 is 18.6 Å². The van der Waals surface area contributed by atoms with Crippen LogP contribution in [0.25, 0.3) is 10.9 Å². The molecule has 0 saturated carbocycles. The molecule has 1 aliphatic heterocycles. The molecular weight excluding hydrogens is 294 g/mol.